The minimum atomic E-state index is -0.494. The van der Waals surface area contributed by atoms with E-state index in [1.165, 1.54) is 18.3 Å². The summed E-state index contributed by atoms with van der Waals surface area (Å²) >= 11 is 12.2. The summed E-state index contributed by atoms with van der Waals surface area (Å²) in [6.07, 6.45) is 1.40. The Morgan fingerprint density at radius 1 is 1.06 bits per heavy atom. The van der Waals surface area contributed by atoms with Crippen LogP contribution in [0.4, 0.5) is 11.4 Å². The van der Waals surface area contributed by atoms with Crippen molar-refractivity contribution in [2.75, 3.05) is 6.79 Å². The number of halogens is 2. The standard InChI is InChI=1S/C21H11Cl2N3O5/c22-12-1-3-14(15(23)6-12)21-25-16-7-13(2-4-18(16)31-21)24-9-11-5-19-20(30-10-29-19)8-17(11)26(27)28/h1-9H,10H2. The molecular weight excluding hydrogens is 445 g/mol. The zero-order valence-corrected chi connectivity index (χ0v) is 17.1. The average Bonchev–Trinajstić information content (AvgIpc) is 3.37. The summed E-state index contributed by atoms with van der Waals surface area (Å²) in [7, 11) is 0. The summed E-state index contributed by atoms with van der Waals surface area (Å²) in [5, 5.41) is 12.3. The predicted octanol–water partition coefficient (Wildman–Crippen LogP) is 6.19. The molecule has 0 saturated heterocycles. The quantitative estimate of drug-likeness (QED) is 0.206. The molecular formula is C21H11Cl2N3O5. The lowest BCUT2D eigenvalue weighted by Gasteiger charge is -2.00. The Kier molecular flexibility index (Phi) is 4.72. The number of oxazole rings is 1. The van der Waals surface area contributed by atoms with Gasteiger partial charge in [0.25, 0.3) is 5.69 Å². The Labute approximate surface area is 184 Å². The van der Waals surface area contributed by atoms with E-state index >= 15 is 0 Å². The van der Waals surface area contributed by atoms with E-state index in [1.54, 1.807) is 36.4 Å². The SMILES string of the molecule is O=[N+]([O-])c1cc2c(cc1C=Nc1ccc3oc(-c4ccc(Cl)cc4Cl)nc3c1)OCO2. The Morgan fingerprint density at radius 2 is 1.87 bits per heavy atom. The van der Waals surface area contributed by atoms with Gasteiger partial charge in [0.05, 0.1) is 32.8 Å². The van der Waals surface area contributed by atoms with E-state index in [9.17, 15) is 10.1 Å². The van der Waals surface area contributed by atoms with Gasteiger partial charge in [-0.05, 0) is 42.5 Å². The second kappa shape index (κ2) is 7.57. The van der Waals surface area contributed by atoms with E-state index in [1.807, 2.05) is 0 Å². The number of hydrogen-bond acceptors (Lipinski definition) is 7. The summed E-state index contributed by atoms with van der Waals surface area (Å²) in [6, 6.07) is 13.0. The van der Waals surface area contributed by atoms with Gasteiger partial charge in [0, 0.05) is 11.2 Å². The van der Waals surface area contributed by atoms with Crippen LogP contribution in [0, 0.1) is 10.1 Å². The van der Waals surface area contributed by atoms with Gasteiger partial charge in [-0.1, -0.05) is 23.2 Å². The Bertz CT molecular complexity index is 1380. The van der Waals surface area contributed by atoms with E-state index in [4.69, 9.17) is 37.1 Å². The highest BCUT2D eigenvalue weighted by Gasteiger charge is 2.22. The van der Waals surface area contributed by atoms with Gasteiger partial charge >= 0.3 is 0 Å². The van der Waals surface area contributed by atoms with Crippen molar-refractivity contribution in [2.45, 2.75) is 0 Å². The highest BCUT2D eigenvalue weighted by atomic mass is 35.5. The van der Waals surface area contributed by atoms with Crippen LogP contribution in [-0.2, 0) is 0 Å². The molecule has 10 heteroatoms. The molecule has 1 aliphatic heterocycles. The first kappa shape index (κ1) is 19.3. The van der Waals surface area contributed by atoms with Crippen LogP contribution in [0.2, 0.25) is 10.0 Å². The van der Waals surface area contributed by atoms with Crippen LogP contribution in [0.5, 0.6) is 11.5 Å². The summed E-state index contributed by atoms with van der Waals surface area (Å²) in [4.78, 5) is 19.7. The molecule has 0 spiro atoms. The molecule has 5 rings (SSSR count). The van der Waals surface area contributed by atoms with E-state index in [-0.39, 0.29) is 12.5 Å². The number of aliphatic imine (C=N–C) groups is 1. The number of benzene rings is 3. The van der Waals surface area contributed by atoms with Crippen molar-refractivity contribution >= 4 is 51.9 Å². The second-order valence-corrected chi connectivity index (χ2v) is 7.42. The Balaban J connectivity index is 1.49. The van der Waals surface area contributed by atoms with Gasteiger partial charge in [0.1, 0.15) is 5.52 Å². The molecule has 31 heavy (non-hydrogen) atoms. The lowest BCUT2D eigenvalue weighted by molar-refractivity contribution is -0.385. The molecule has 0 N–H and O–H groups in total. The van der Waals surface area contributed by atoms with E-state index in [2.05, 4.69) is 9.98 Å². The van der Waals surface area contributed by atoms with Gasteiger partial charge in [0.2, 0.25) is 12.7 Å². The smallest absolute Gasteiger partial charge is 0.282 e. The minimum Gasteiger partial charge on any atom is -0.454 e. The number of nitro groups is 1. The Hall–Kier alpha value is -3.62. The monoisotopic (exact) mass is 455 g/mol. The van der Waals surface area contributed by atoms with E-state index < -0.39 is 4.92 Å². The van der Waals surface area contributed by atoms with Crippen LogP contribution in [-0.4, -0.2) is 22.9 Å². The van der Waals surface area contributed by atoms with Crippen LogP contribution in [0.1, 0.15) is 5.56 Å². The second-order valence-electron chi connectivity index (χ2n) is 6.57. The highest BCUT2D eigenvalue weighted by molar-refractivity contribution is 6.36. The van der Waals surface area contributed by atoms with Gasteiger partial charge in [-0.3, -0.25) is 15.1 Å². The third-order valence-electron chi connectivity index (χ3n) is 4.60. The molecule has 1 aliphatic rings. The van der Waals surface area contributed by atoms with Crippen LogP contribution in [0.25, 0.3) is 22.6 Å². The first-order valence-electron chi connectivity index (χ1n) is 8.96. The van der Waals surface area contributed by atoms with Crippen molar-refractivity contribution in [2.24, 2.45) is 4.99 Å². The number of aromatic nitrogens is 1. The maximum absolute atomic E-state index is 11.4. The molecule has 0 fully saturated rings. The molecule has 0 saturated carbocycles. The van der Waals surface area contributed by atoms with Gasteiger partial charge < -0.3 is 13.9 Å². The zero-order valence-electron chi connectivity index (χ0n) is 15.5. The van der Waals surface area contributed by atoms with Crippen molar-refractivity contribution < 1.29 is 18.8 Å². The molecule has 0 unspecified atom stereocenters. The van der Waals surface area contributed by atoms with Crippen molar-refractivity contribution in [1.29, 1.82) is 0 Å². The van der Waals surface area contributed by atoms with Crippen molar-refractivity contribution in [1.82, 2.24) is 4.98 Å². The molecule has 0 radical (unpaired) electrons. The van der Waals surface area contributed by atoms with Crippen molar-refractivity contribution in [3.05, 3.63) is 74.3 Å². The van der Waals surface area contributed by atoms with Crippen LogP contribution in [0.3, 0.4) is 0 Å². The molecule has 1 aromatic heterocycles. The first-order valence-corrected chi connectivity index (χ1v) is 9.71. The Morgan fingerprint density at radius 3 is 2.65 bits per heavy atom. The molecule has 0 aliphatic carbocycles. The fourth-order valence-electron chi connectivity index (χ4n) is 3.13. The average molecular weight is 456 g/mol. The van der Waals surface area contributed by atoms with Gasteiger partial charge in [-0.15, -0.1) is 0 Å². The fourth-order valence-corrected chi connectivity index (χ4v) is 3.62. The van der Waals surface area contributed by atoms with E-state index in [0.717, 1.165) is 0 Å². The van der Waals surface area contributed by atoms with Crippen molar-refractivity contribution in [3.63, 3.8) is 0 Å². The van der Waals surface area contributed by atoms with Gasteiger partial charge in [-0.25, -0.2) is 4.98 Å². The molecule has 3 aromatic carbocycles. The summed E-state index contributed by atoms with van der Waals surface area (Å²) in [6.45, 7) is 0.0237. The summed E-state index contributed by atoms with van der Waals surface area (Å²) < 4.78 is 16.3. The normalized spacial score (nSPS) is 12.7. The van der Waals surface area contributed by atoms with Crippen molar-refractivity contribution in [3.8, 4) is 23.0 Å². The van der Waals surface area contributed by atoms with Crippen LogP contribution < -0.4 is 9.47 Å². The minimum absolute atomic E-state index is 0.0237. The lowest BCUT2D eigenvalue weighted by Crippen LogP contribution is -1.94. The third-order valence-corrected chi connectivity index (χ3v) is 5.15. The largest absolute Gasteiger partial charge is 0.454 e. The molecule has 2 heterocycles. The first-order chi connectivity index (χ1) is 15.0. The zero-order chi connectivity index (χ0) is 21.5. The maximum atomic E-state index is 11.4. The van der Waals surface area contributed by atoms with Gasteiger partial charge in [0.15, 0.2) is 17.1 Å². The van der Waals surface area contributed by atoms with Crippen LogP contribution in [0.15, 0.2) is 57.9 Å². The molecule has 0 amide bonds. The maximum Gasteiger partial charge on any atom is 0.282 e. The molecule has 0 atom stereocenters. The number of rotatable bonds is 4. The third kappa shape index (κ3) is 3.67. The fraction of sp³-hybridized carbons (Fsp3) is 0.0476. The molecule has 0 bridgehead atoms. The molecule has 8 nitrogen and oxygen atoms in total. The van der Waals surface area contributed by atoms with Gasteiger partial charge in [-0.2, -0.15) is 0 Å². The van der Waals surface area contributed by atoms with E-state index in [0.29, 0.717) is 55.3 Å². The number of nitro benzene ring substituents is 1. The predicted molar refractivity (Wildman–Crippen MR) is 116 cm³/mol. The topological polar surface area (TPSA) is 100.0 Å². The number of hydrogen-bond donors (Lipinski definition) is 0. The number of ether oxygens (including phenoxy) is 2. The lowest BCUT2D eigenvalue weighted by atomic mass is 10.1. The summed E-state index contributed by atoms with van der Waals surface area (Å²) in [5.74, 6) is 1.12. The molecule has 4 aromatic rings. The summed E-state index contributed by atoms with van der Waals surface area (Å²) in [5.41, 5.74) is 2.44. The molecule has 154 valence electrons. The number of nitrogens with zero attached hydrogens (tertiary/aromatic N) is 3. The highest BCUT2D eigenvalue weighted by Crippen LogP contribution is 2.38. The number of fused-ring (bicyclic) bond motifs is 2. The van der Waals surface area contributed by atoms with Crippen LogP contribution >= 0.6 is 23.2 Å².